The molecule has 0 aliphatic heterocycles. The highest BCUT2D eigenvalue weighted by atomic mass is 35.5. The Morgan fingerprint density at radius 3 is 2.33 bits per heavy atom. The van der Waals surface area contributed by atoms with Crippen LogP contribution in [0.4, 0.5) is 0 Å². The summed E-state index contributed by atoms with van der Waals surface area (Å²) in [5, 5.41) is 4.82. The SMILES string of the molecule is COc1ccc(CNCc2cc(Cl)ccc2OCc2cccc(Cl)c2)cc1. The number of benzene rings is 3. The minimum absolute atomic E-state index is 0.452. The fourth-order valence-electron chi connectivity index (χ4n) is 2.70. The van der Waals surface area contributed by atoms with E-state index < -0.39 is 0 Å². The van der Waals surface area contributed by atoms with Crippen LogP contribution in [0.3, 0.4) is 0 Å². The summed E-state index contributed by atoms with van der Waals surface area (Å²) in [6, 6.07) is 21.3. The Hall–Kier alpha value is -2.20. The molecule has 0 saturated heterocycles. The summed E-state index contributed by atoms with van der Waals surface area (Å²) in [7, 11) is 1.66. The molecule has 0 amide bonds. The van der Waals surface area contributed by atoms with Gasteiger partial charge in [-0.1, -0.05) is 47.5 Å². The van der Waals surface area contributed by atoms with E-state index in [2.05, 4.69) is 5.32 Å². The Balaban J connectivity index is 1.61. The van der Waals surface area contributed by atoms with E-state index in [1.54, 1.807) is 7.11 Å². The lowest BCUT2D eigenvalue weighted by Crippen LogP contribution is -2.13. The second kappa shape index (κ2) is 9.65. The van der Waals surface area contributed by atoms with E-state index in [4.69, 9.17) is 32.7 Å². The molecule has 0 unspecified atom stereocenters. The Labute approximate surface area is 169 Å². The molecule has 3 aromatic carbocycles. The number of nitrogens with one attached hydrogen (secondary N) is 1. The Bertz CT molecular complexity index is 882. The lowest BCUT2D eigenvalue weighted by atomic mass is 10.1. The molecule has 0 fully saturated rings. The van der Waals surface area contributed by atoms with Crippen LogP contribution in [0.25, 0.3) is 0 Å². The minimum atomic E-state index is 0.452. The van der Waals surface area contributed by atoms with Crippen molar-refractivity contribution in [2.75, 3.05) is 7.11 Å². The molecule has 0 heterocycles. The van der Waals surface area contributed by atoms with Gasteiger partial charge in [-0.3, -0.25) is 0 Å². The average molecular weight is 402 g/mol. The van der Waals surface area contributed by atoms with Crippen LogP contribution in [0, 0.1) is 0 Å². The summed E-state index contributed by atoms with van der Waals surface area (Å²) in [6.45, 7) is 1.84. The summed E-state index contributed by atoms with van der Waals surface area (Å²) >= 11 is 12.2. The van der Waals surface area contributed by atoms with E-state index in [1.165, 1.54) is 5.56 Å². The number of hydrogen-bond donors (Lipinski definition) is 1. The quantitative estimate of drug-likeness (QED) is 0.511. The fourth-order valence-corrected chi connectivity index (χ4v) is 3.11. The molecular weight excluding hydrogens is 381 g/mol. The molecule has 0 radical (unpaired) electrons. The Kier molecular flexibility index (Phi) is 6.99. The van der Waals surface area contributed by atoms with Gasteiger partial charge in [-0.2, -0.15) is 0 Å². The van der Waals surface area contributed by atoms with Crippen molar-refractivity contribution in [3.05, 3.63) is 93.5 Å². The lowest BCUT2D eigenvalue weighted by Gasteiger charge is -2.13. The third kappa shape index (κ3) is 5.90. The van der Waals surface area contributed by atoms with Gasteiger partial charge in [0.15, 0.2) is 0 Å². The van der Waals surface area contributed by atoms with E-state index >= 15 is 0 Å². The molecule has 0 bridgehead atoms. The van der Waals surface area contributed by atoms with Crippen molar-refractivity contribution in [2.24, 2.45) is 0 Å². The molecule has 27 heavy (non-hydrogen) atoms. The zero-order valence-electron chi connectivity index (χ0n) is 15.0. The van der Waals surface area contributed by atoms with Crippen LogP contribution in [-0.2, 0) is 19.7 Å². The predicted molar refractivity (Wildman–Crippen MR) is 111 cm³/mol. The molecule has 0 atom stereocenters. The highest BCUT2D eigenvalue weighted by Gasteiger charge is 2.06. The van der Waals surface area contributed by atoms with Gasteiger partial charge >= 0.3 is 0 Å². The summed E-state index contributed by atoms with van der Waals surface area (Å²) < 4.78 is 11.2. The predicted octanol–water partition coefficient (Wildman–Crippen LogP) is 5.87. The first kappa shape index (κ1) is 19.6. The molecule has 3 aromatic rings. The van der Waals surface area contributed by atoms with Crippen LogP contribution in [-0.4, -0.2) is 7.11 Å². The van der Waals surface area contributed by atoms with Crippen molar-refractivity contribution in [3.8, 4) is 11.5 Å². The van der Waals surface area contributed by atoms with Crippen molar-refractivity contribution >= 4 is 23.2 Å². The molecule has 0 spiro atoms. The van der Waals surface area contributed by atoms with E-state index in [1.807, 2.05) is 66.7 Å². The topological polar surface area (TPSA) is 30.5 Å². The van der Waals surface area contributed by atoms with Crippen molar-refractivity contribution < 1.29 is 9.47 Å². The van der Waals surface area contributed by atoms with E-state index in [-0.39, 0.29) is 0 Å². The summed E-state index contributed by atoms with van der Waals surface area (Å²) in [5.74, 6) is 1.66. The molecule has 3 rings (SSSR count). The number of methoxy groups -OCH3 is 1. The van der Waals surface area contributed by atoms with E-state index in [0.29, 0.717) is 23.2 Å². The maximum absolute atomic E-state index is 6.17. The molecular formula is C22H21Cl2NO2. The largest absolute Gasteiger partial charge is 0.497 e. The highest BCUT2D eigenvalue weighted by molar-refractivity contribution is 6.30. The molecule has 0 aliphatic carbocycles. The number of rotatable bonds is 8. The van der Waals surface area contributed by atoms with Crippen molar-refractivity contribution in [2.45, 2.75) is 19.7 Å². The van der Waals surface area contributed by atoms with Gasteiger partial charge in [-0.25, -0.2) is 0 Å². The lowest BCUT2D eigenvalue weighted by molar-refractivity contribution is 0.302. The summed E-state index contributed by atoms with van der Waals surface area (Å²) in [5.41, 5.74) is 3.21. The highest BCUT2D eigenvalue weighted by Crippen LogP contribution is 2.24. The summed E-state index contributed by atoms with van der Waals surface area (Å²) in [4.78, 5) is 0. The van der Waals surface area contributed by atoms with Gasteiger partial charge in [0.1, 0.15) is 18.1 Å². The zero-order chi connectivity index (χ0) is 19.1. The monoisotopic (exact) mass is 401 g/mol. The third-order valence-corrected chi connectivity index (χ3v) is 4.58. The van der Waals surface area contributed by atoms with Crippen LogP contribution >= 0.6 is 23.2 Å². The first-order valence-electron chi connectivity index (χ1n) is 8.63. The second-order valence-corrected chi connectivity index (χ2v) is 7.00. The first-order chi connectivity index (χ1) is 13.1. The van der Waals surface area contributed by atoms with Crippen molar-refractivity contribution in [3.63, 3.8) is 0 Å². The Morgan fingerprint density at radius 1 is 0.815 bits per heavy atom. The maximum Gasteiger partial charge on any atom is 0.124 e. The van der Waals surface area contributed by atoms with Crippen molar-refractivity contribution in [1.82, 2.24) is 5.32 Å². The van der Waals surface area contributed by atoms with Gasteiger partial charge in [0.25, 0.3) is 0 Å². The Morgan fingerprint density at radius 2 is 1.59 bits per heavy atom. The number of hydrogen-bond acceptors (Lipinski definition) is 3. The van der Waals surface area contributed by atoms with Gasteiger partial charge in [0.05, 0.1) is 7.11 Å². The molecule has 140 valence electrons. The van der Waals surface area contributed by atoms with E-state index in [9.17, 15) is 0 Å². The smallest absolute Gasteiger partial charge is 0.124 e. The maximum atomic E-state index is 6.17. The van der Waals surface area contributed by atoms with E-state index in [0.717, 1.165) is 29.2 Å². The molecule has 1 N–H and O–H groups in total. The van der Waals surface area contributed by atoms with Crippen LogP contribution in [0.15, 0.2) is 66.7 Å². The fraction of sp³-hybridized carbons (Fsp3) is 0.182. The van der Waals surface area contributed by atoms with Gasteiger partial charge in [-0.05, 0) is 53.6 Å². The normalized spacial score (nSPS) is 10.6. The van der Waals surface area contributed by atoms with Gasteiger partial charge in [0, 0.05) is 28.7 Å². The van der Waals surface area contributed by atoms with Gasteiger partial charge in [-0.15, -0.1) is 0 Å². The minimum Gasteiger partial charge on any atom is -0.497 e. The molecule has 5 heteroatoms. The second-order valence-electron chi connectivity index (χ2n) is 6.12. The molecule has 3 nitrogen and oxygen atoms in total. The van der Waals surface area contributed by atoms with Crippen LogP contribution in [0.1, 0.15) is 16.7 Å². The zero-order valence-corrected chi connectivity index (χ0v) is 16.6. The first-order valence-corrected chi connectivity index (χ1v) is 9.39. The van der Waals surface area contributed by atoms with Gasteiger partial charge in [0.2, 0.25) is 0 Å². The third-order valence-electron chi connectivity index (χ3n) is 4.11. The van der Waals surface area contributed by atoms with Crippen LogP contribution in [0.2, 0.25) is 10.0 Å². The standard InChI is InChI=1S/C22H21Cl2NO2/c1-26-21-8-5-16(6-9-21)13-25-14-18-12-20(24)7-10-22(18)27-15-17-3-2-4-19(23)11-17/h2-12,25H,13-15H2,1H3. The molecule has 0 aromatic heterocycles. The number of halogens is 2. The number of ether oxygens (including phenoxy) is 2. The van der Waals surface area contributed by atoms with Crippen LogP contribution in [0.5, 0.6) is 11.5 Å². The van der Waals surface area contributed by atoms with Crippen LogP contribution < -0.4 is 14.8 Å². The average Bonchev–Trinajstić information content (AvgIpc) is 2.68. The summed E-state index contributed by atoms with van der Waals surface area (Å²) in [6.07, 6.45) is 0. The van der Waals surface area contributed by atoms with Gasteiger partial charge < -0.3 is 14.8 Å². The molecule has 0 saturated carbocycles. The molecule has 0 aliphatic rings. The van der Waals surface area contributed by atoms with Crippen molar-refractivity contribution in [1.29, 1.82) is 0 Å².